The minimum Gasteiger partial charge on any atom is -0.317 e. The fourth-order valence-electron chi connectivity index (χ4n) is 2.72. The largest absolute Gasteiger partial charge is 0.317 e. The van der Waals surface area contributed by atoms with Crippen molar-refractivity contribution >= 4 is 5.78 Å². The Morgan fingerprint density at radius 2 is 1.83 bits per heavy atom. The van der Waals surface area contributed by atoms with Crippen LogP contribution in [0.25, 0.3) is 0 Å². The number of benzene rings is 1. The third kappa shape index (κ3) is 2.81. The van der Waals surface area contributed by atoms with Gasteiger partial charge in [-0.3, -0.25) is 4.79 Å². The first kappa shape index (κ1) is 13.3. The molecule has 1 aromatic carbocycles. The molecule has 2 nitrogen and oxygen atoms in total. The maximum absolute atomic E-state index is 12.4. The molecule has 0 aromatic heterocycles. The summed E-state index contributed by atoms with van der Waals surface area (Å²) in [5, 5.41) is 3.34. The summed E-state index contributed by atoms with van der Waals surface area (Å²) in [4.78, 5) is 12.4. The molecule has 18 heavy (non-hydrogen) atoms. The topological polar surface area (TPSA) is 29.1 Å². The molecule has 1 saturated heterocycles. The first-order valence-corrected chi connectivity index (χ1v) is 6.90. The molecule has 0 unspecified atom stereocenters. The molecular weight excluding hydrogens is 222 g/mol. The molecule has 1 aromatic rings. The van der Waals surface area contributed by atoms with Gasteiger partial charge in [-0.15, -0.1) is 0 Å². The minimum atomic E-state index is 0.322. The molecule has 2 heteroatoms. The smallest absolute Gasteiger partial charge is 0.163 e. The van der Waals surface area contributed by atoms with Gasteiger partial charge in [-0.1, -0.05) is 12.1 Å². The number of nitrogens with one attached hydrogen (secondary N) is 1. The molecule has 1 heterocycles. The Kier molecular flexibility index (Phi) is 4.18. The van der Waals surface area contributed by atoms with Crippen molar-refractivity contribution in [2.75, 3.05) is 13.1 Å². The van der Waals surface area contributed by atoms with Crippen molar-refractivity contribution in [1.82, 2.24) is 5.32 Å². The van der Waals surface area contributed by atoms with Gasteiger partial charge in [-0.25, -0.2) is 0 Å². The molecule has 98 valence electrons. The van der Waals surface area contributed by atoms with Crippen molar-refractivity contribution in [3.8, 4) is 0 Å². The van der Waals surface area contributed by atoms with E-state index in [9.17, 15) is 4.79 Å². The molecule has 1 aliphatic rings. The van der Waals surface area contributed by atoms with E-state index in [4.69, 9.17) is 0 Å². The van der Waals surface area contributed by atoms with Gasteiger partial charge in [0.05, 0.1) is 0 Å². The molecule has 1 fully saturated rings. The van der Waals surface area contributed by atoms with Gasteiger partial charge in [-0.2, -0.15) is 0 Å². The highest BCUT2D eigenvalue weighted by atomic mass is 16.1. The van der Waals surface area contributed by atoms with Crippen LogP contribution in [-0.4, -0.2) is 18.9 Å². The van der Waals surface area contributed by atoms with E-state index in [1.807, 2.05) is 6.07 Å². The van der Waals surface area contributed by atoms with Crippen LogP contribution in [0.2, 0.25) is 0 Å². The van der Waals surface area contributed by atoms with Crippen LogP contribution in [0, 0.1) is 26.7 Å². The van der Waals surface area contributed by atoms with Crippen LogP contribution in [0.4, 0.5) is 0 Å². The predicted molar refractivity (Wildman–Crippen MR) is 75.2 cm³/mol. The molecule has 0 amide bonds. The van der Waals surface area contributed by atoms with Gasteiger partial charge in [0.2, 0.25) is 0 Å². The number of carbonyl (C=O) groups is 1. The Bertz CT molecular complexity index is 445. The first-order chi connectivity index (χ1) is 8.59. The number of piperidine rings is 1. The average Bonchev–Trinajstić information content (AvgIpc) is 2.37. The Balaban J connectivity index is 2.11. The molecule has 0 spiro atoms. The average molecular weight is 245 g/mol. The lowest BCUT2D eigenvalue weighted by molar-refractivity contribution is 0.0952. The van der Waals surface area contributed by atoms with Gasteiger partial charge in [-0.05, 0) is 69.3 Å². The fraction of sp³-hybridized carbons (Fsp3) is 0.562. The Morgan fingerprint density at radius 1 is 1.17 bits per heavy atom. The van der Waals surface area contributed by atoms with E-state index in [1.165, 1.54) is 11.1 Å². The predicted octanol–water partition coefficient (Wildman–Crippen LogP) is 3.18. The monoisotopic (exact) mass is 245 g/mol. The SMILES string of the molecule is Cc1ccc(C(=O)CC2CCNCC2)c(C)c1C. The highest BCUT2D eigenvalue weighted by Crippen LogP contribution is 2.23. The summed E-state index contributed by atoms with van der Waals surface area (Å²) in [6.45, 7) is 8.39. The zero-order chi connectivity index (χ0) is 13.1. The van der Waals surface area contributed by atoms with Crippen LogP contribution in [0.3, 0.4) is 0 Å². The second kappa shape index (κ2) is 5.66. The molecule has 0 aliphatic carbocycles. The number of rotatable bonds is 3. The third-order valence-corrected chi connectivity index (χ3v) is 4.29. The van der Waals surface area contributed by atoms with Crippen molar-refractivity contribution in [2.45, 2.75) is 40.0 Å². The van der Waals surface area contributed by atoms with Crippen LogP contribution >= 0.6 is 0 Å². The highest BCUT2D eigenvalue weighted by molar-refractivity contribution is 5.98. The maximum Gasteiger partial charge on any atom is 0.163 e. The van der Waals surface area contributed by atoms with Crippen molar-refractivity contribution in [3.63, 3.8) is 0 Å². The van der Waals surface area contributed by atoms with Gasteiger partial charge < -0.3 is 5.32 Å². The molecule has 1 aliphatic heterocycles. The van der Waals surface area contributed by atoms with Crippen molar-refractivity contribution in [1.29, 1.82) is 0 Å². The van der Waals surface area contributed by atoms with Crippen molar-refractivity contribution in [2.24, 2.45) is 5.92 Å². The molecule has 0 saturated carbocycles. The summed E-state index contributed by atoms with van der Waals surface area (Å²) < 4.78 is 0. The Labute approximate surface area is 110 Å². The minimum absolute atomic E-state index is 0.322. The van der Waals surface area contributed by atoms with Crippen molar-refractivity contribution in [3.05, 3.63) is 34.4 Å². The van der Waals surface area contributed by atoms with E-state index in [-0.39, 0.29) is 0 Å². The summed E-state index contributed by atoms with van der Waals surface area (Å²) in [5.74, 6) is 0.891. The Morgan fingerprint density at radius 3 is 2.50 bits per heavy atom. The standard InChI is InChI=1S/C16H23NO/c1-11-4-5-15(13(3)12(11)2)16(18)10-14-6-8-17-9-7-14/h4-5,14,17H,6-10H2,1-3H3. The van der Waals surface area contributed by atoms with Gasteiger partial charge in [0, 0.05) is 12.0 Å². The van der Waals surface area contributed by atoms with E-state index < -0.39 is 0 Å². The third-order valence-electron chi connectivity index (χ3n) is 4.29. The summed E-state index contributed by atoms with van der Waals surface area (Å²) in [5.41, 5.74) is 4.61. The maximum atomic E-state index is 12.4. The second-order valence-corrected chi connectivity index (χ2v) is 5.50. The van der Waals surface area contributed by atoms with Gasteiger partial charge in [0.1, 0.15) is 0 Å². The number of hydrogen-bond acceptors (Lipinski definition) is 2. The molecular formula is C16H23NO. The number of Topliss-reactive ketones (excluding diaryl/α,β-unsaturated/α-hetero) is 1. The van der Waals surface area contributed by atoms with Crippen LogP contribution in [0.5, 0.6) is 0 Å². The molecule has 0 radical (unpaired) electrons. The number of aryl methyl sites for hydroxylation is 1. The molecule has 0 bridgehead atoms. The summed E-state index contributed by atoms with van der Waals surface area (Å²) in [7, 11) is 0. The number of ketones is 1. The van der Waals surface area contributed by atoms with Crippen LogP contribution in [-0.2, 0) is 0 Å². The quantitative estimate of drug-likeness (QED) is 0.829. The van der Waals surface area contributed by atoms with E-state index in [0.29, 0.717) is 18.1 Å². The van der Waals surface area contributed by atoms with E-state index in [0.717, 1.165) is 37.1 Å². The summed E-state index contributed by atoms with van der Waals surface area (Å²) >= 11 is 0. The zero-order valence-corrected chi connectivity index (χ0v) is 11.7. The van der Waals surface area contributed by atoms with Gasteiger partial charge >= 0.3 is 0 Å². The fourth-order valence-corrected chi connectivity index (χ4v) is 2.72. The molecule has 0 atom stereocenters. The van der Waals surface area contributed by atoms with Crippen LogP contribution in [0.1, 0.15) is 46.3 Å². The lowest BCUT2D eigenvalue weighted by Crippen LogP contribution is -2.29. The van der Waals surface area contributed by atoms with Crippen LogP contribution in [0.15, 0.2) is 12.1 Å². The normalized spacial score (nSPS) is 16.8. The summed E-state index contributed by atoms with van der Waals surface area (Å²) in [6.07, 6.45) is 2.98. The summed E-state index contributed by atoms with van der Waals surface area (Å²) in [6, 6.07) is 4.07. The van der Waals surface area contributed by atoms with Crippen molar-refractivity contribution < 1.29 is 4.79 Å². The zero-order valence-electron chi connectivity index (χ0n) is 11.7. The van der Waals surface area contributed by atoms with E-state index in [1.54, 1.807) is 0 Å². The van der Waals surface area contributed by atoms with E-state index >= 15 is 0 Å². The van der Waals surface area contributed by atoms with Crippen LogP contribution < -0.4 is 5.32 Å². The van der Waals surface area contributed by atoms with Gasteiger partial charge in [0.25, 0.3) is 0 Å². The molecule has 1 N–H and O–H groups in total. The lowest BCUT2D eigenvalue weighted by atomic mass is 9.88. The molecule has 2 rings (SSSR count). The Hall–Kier alpha value is -1.15. The highest BCUT2D eigenvalue weighted by Gasteiger charge is 2.19. The second-order valence-electron chi connectivity index (χ2n) is 5.50. The lowest BCUT2D eigenvalue weighted by Gasteiger charge is -2.22. The van der Waals surface area contributed by atoms with E-state index in [2.05, 4.69) is 32.2 Å². The number of carbonyl (C=O) groups excluding carboxylic acids is 1. The number of hydrogen-bond donors (Lipinski definition) is 1. The van der Waals surface area contributed by atoms with Gasteiger partial charge in [0.15, 0.2) is 5.78 Å². The first-order valence-electron chi connectivity index (χ1n) is 6.90.